The smallest absolute Gasteiger partial charge is 0.408 e. The second-order valence-electron chi connectivity index (χ2n) is 13.3. The number of nitrogens with one attached hydrogen (secondary N) is 2. The molecule has 3 aliphatic heterocycles. The van der Waals surface area contributed by atoms with Gasteiger partial charge in [-0.3, -0.25) is 9.69 Å². The normalized spacial score (nSPS) is 19.6. The topological polar surface area (TPSA) is 138 Å². The summed E-state index contributed by atoms with van der Waals surface area (Å²) in [6, 6.07) is 31.3. The molecule has 0 spiro atoms. The third-order valence-corrected chi connectivity index (χ3v) is 10.1. The average Bonchev–Trinajstić information content (AvgIpc) is 3.14. The zero-order chi connectivity index (χ0) is 34.6. The van der Waals surface area contributed by atoms with E-state index in [0.29, 0.717) is 41.3 Å². The molecule has 1 unspecified atom stereocenters. The van der Waals surface area contributed by atoms with Crippen LogP contribution in [0.3, 0.4) is 0 Å². The van der Waals surface area contributed by atoms with Crippen LogP contribution in [0.15, 0.2) is 108 Å². The largest absolute Gasteiger partial charge is 0.506 e. The van der Waals surface area contributed by atoms with Crippen molar-refractivity contribution in [3.05, 3.63) is 141 Å². The van der Waals surface area contributed by atoms with Crippen molar-refractivity contribution in [2.24, 2.45) is 5.92 Å². The fourth-order valence-corrected chi connectivity index (χ4v) is 7.55. The van der Waals surface area contributed by atoms with E-state index in [2.05, 4.69) is 15.2 Å². The highest BCUT2D eigenvalue weighted by Gasteiger charge is 2.43. The molecular weight excluding hydrogens is 632 g/mol. The van der Waals surface area contributed by atoms with Crippen LogP contribution in [0.5, 0.6) is 11.5 Å². The SMILES string of the molecule is O=C(O)N(C(c1ccccc1)c1cccc(OCc2ccc(CNC[C@@H](O)c3ccc(O)c4[nH]c(=O)ccc34)cc2)c1)[C@H]1CN2CCC1CC2. The second kappa shape index (κ2) is 14.8. The first-order valence-electron chi connectivity index (χ1n) is 17.2. The number of aliphatic hydroxyl groups excluding tert-OH is 1. The average molecular weight is 675 g/mol. The van der Waals surface area contributed by atoms with E-state index in [0.717, 1.165) is 54.7 Å². The number of phenols is 1. The maximum atomic E-state index is 13.0. The van der Waals surface area contributed by atoms with Crippen molar-refractivity contribution in [3.63, 3.8) is 0 Å². The molecule has 258 valence electrons. The number of carbonyl (C=O) groups is 1. The van der Waals surface area contributed by atoms with Crippen molar-refractivity contribution in [2.75, 3.05) is 26.2 Å². The van der Waals surface area contributed by atoms with Gasteiger partial charge in [-0.05, 0) is 83.9 Å². The van der Waals surface area contributed by atoms with E-state index in [9.17, 15) is 24.9 Å². The fraction of sp³-hybridized carbons (Fsp3) is 0.300. The monoisotopic (exact) mass is 674 g/mol. The highest BCUT2D eigenvalue weighted by molar-refractivity contribution is 5.87. The first kappa shape index (κ1) is 33.3. The zero-order valence-corrected chi connectivity index (χ0v) is 27.7. The van der Waals surface area contributed by atoms with Crippen molar-refractivity contribution in [1.29, 1.82) is 0 Å². The zero-order valence-electron chi connectivity index (χ0n) is 27.7. The van der Waals surface area contributed by atoms with E-state index in [1.807, 2.05) is 78.9 Å². The minimum absolute atomic E-state index is 0.0424. The number of aromatic nitrogens is 1. The Kier molecular flexibility index (Phi) is 9.84. The number of rotatable bonds is 12. The molecule has 50 heavy (non-hydrogen) atoms. The van der Waals surface area contributed by atoms with Crippen LogP contribution >= 0.6 is 0 Å². The van der Waals surface area contributed by atoms with Crippen LogP contribution in [0.2, 0.25) is 0 Å². The van der Waals surface area contributed by atoms with Gasteiger partial charge in [-0.1, -0.05) is 72.8 Å². The summed E-state index contributed by atoms with van der Waals surface area (Å²) < 4.78 is 6.24. The standard InChI is InChI=1S/C40H42N4O6/c45-35-15-13-32(33-14-16-37(47)42-38(33)35)36(46)23-41-22-26-9-11-27(12-10-26)25-50-31-8-4-7-30(21-31)39(29-5-2-1-3-6-29)44(40(48)49)34-24-43-19-17-28(34)18-20-43/h1-16,21,28,34,36,39,41,45-46H,17-20,22-25H2,(H,42,47)(H,48,49)/t34-,36+,39?/m0/s1. The summed E-state index contributed by atoms with van der Waals surface area (Å²) in [4.78, 5) is 31.4. The van der Waals surface area contributed by atoms with Gasteiger partial charge >= 0.3 is 6.09 Å². The Morgan fingerprint density at radius 3 is 2.38 bits per heavy atom. The van der Waals surface area contributed by atoms with Gasteiger partial charge < -0.3 is 35.3 Å². The number of hydrogen-bond acceptors (Lipinski definition) is 7. The molecule has 3 fully saturated rings. The van der Waals surface area contributed by atoms with Crippen LogP contribution in [0.1, 0.15) is 52.8 Å². The molecule has 0 saturated carbocycles. The van der Waals surface area contributed by atoms with Gasteiger partial charge in [0.1, 0.15) is 18.1 Å². The molecular formula is C40H42N4O6. The summed E-state index contributed by atoms with van der Waals surface area (Å²) in [5, 5.41) is 35.5. The Hall–Kier alpha value is -5.16. The van der Waals surface area contributed by atoms with Crippen molar-refractivity contribution in [3.8, 4) is 11.5 Å². The lowest BCUT2D eigenvalue weighted by atomic mass is 9.81. The number of H-pyrrole nitrogens is 1. The Labute approximate surface area is 290 Å². The number of nitrogens with zero attached hydrogens (tertiary/aromatic N) is 2. The van der Waals surface area contributed by atoms with E-state index in [1.54, 1.807) is 17.0 Å². The molecule has 4 aromatic carbocycles. The molecule has 1 amide bonds. The molecule has 2 bridgehead atoms. The number of amides is 1. The molecule has 4 heterocycles. The van der Waals surface area contributed by atoms with E-state index in [-0.39, 0.29) is 23.9 Å². The number of aliphatic hydroxyl groups is 1. The van der Waals surface area contributed by atoms with Crippen molar-refractivity contribution in [1.82, 2.24) is 20.1 Å². The van der Waals surface area contributed by atoms with E-state index in [1.165, 1.54) is 12.1 Å². The number of phenolic OH excluding ortho intramolecular Hbond substituents is 1. The Bertz CT molecular complexity index is 1990. The summed E-state index contributed by atoms with van der Waals surface area (Å²) >= 11 is 0. The lowest BCUT2D eigenvalue weighted by molar-refractivity contribution is -0.000812. The predicted octanol–water partition coefficient (Wildman–Crippen LogP) is 5.80. The van der Waals surface area contributed by atoms with Crippen molar-refractivity contribution in [2.45, 2.75) is 44.2 Å². The van der Waals surface area contributed by atoms with Crippen LogP contribution in [0, 0.1) is 5.92 Å². The maximum absolute atomic E-state index is 13.0. The number of fused-ring (bicyclic) bond motifs is 4. The van der Waals surface area contributed by atoms with E-state index >= 15 is 0 Å². The number of ether oxygens (including phenoxy) is 1. The molecule has 0 aliphatic carbocycles. The molecule has 5 aromatic rings. The van der Waals surface area contributed by atoms with Gasteiger partial charge in [-0.25, -0.2) is 4.79 Å². The van der Waals surface area contributed by atoms with Gasteiger partial charge in [0.15, 0.2) is 0 Å². The third-order valence-electron chi connectivity index (χ3n) is 10.1. The van der Waals surface area contributed by atoms with Crippen LogP contribution in [-0.4, -0.2) is 68.4 Å². The minimum atomic E-state index is -0.903. The molecule has 1 aromatic heterocycles. The molecule has 3 aliphatic rings. The molecule has 3 atom stereocenters. The van der Waals surface area contributed by atoms with Gasteiger partial charge in [-0.2, -0.15) is 0 Å². The van der Waals surface area contributed by atoms with Crippen LogP contribution in [0.25, 0.3) is 10.9 Å². The summed E-state index contributed by atoms with van der Waals surface area (Å²) in [5.41, 5.74) is 4.44. The fourth-order valence-electron chi connectivity index (χ4n) is 7.55. The summed E-state index contributed by atoms with van der Waals surface area (Å²) in [5.74, 6) is 0.991. The second-order valence-corrected chi connectivity index (χ2v) is 13.3. The Morgan fingerprint density at radius 2 is 1.66 bits per heavy atom. The Balaban J connectivity index is 0.994. The molecule has 3 saturated heterocycles. The highest BCUT2D eigenvalue weighted by atomic mass is 16.5. The Morgan fingerprint density at radius 1 is 0.920 bits per heavy atom. The van der Waals surface area contributed by atoms with Crippen LogP contribution in [-0.2, 0) is 13.2 Å². The number of carboxylic acid groups (broad SMARTS) is 1. The van der Waals surface area contributed by atoms with Crippen molar-refractivity contribution >= 4 is 17.0 Å². The van der Waals surface area contributed by atoms with E-state index < -0.39 is 18.2 Å². The maximum Gasteiger partial charge on any atom is 0.408 e. The lowest BCUT2D eigenvalue weighted by Crippen LogP contribution is -2.59. The number of benzene rings is 4. The summed E-state index contributed by atoms with van der Waals surface area (Å²) in [7, 11) is 0. The van der Waals surface area contributed by atoms with Gasteiger partial charge in [-0.15, -0.1) is 0 Å². The predicted molar refractivity (Wildman–Crippen MR) is 191 cm³/mol. The number of pyridine rings is 1. The van der Waals surface area contributed by atoms with Gasteiger partial charge in [0, 0.05) is 31.1 Å². The number of hydrogen-bond donors (Lipinski definition) is 5. The van der Waals surface area contributed by atoms with Crippen LogP contribution in [0.4, 0.5) is 4.79 Å². The molecule has 5 N–H and O–H groups in total. The minimum Gasteiger partial charge on any atom is -0.506 e. The first-order chi connectivity index (χ1) is 24.3. The van der Waals surface area contributed by atoms with Gasteiger partial charge in [0.2, 0.25) is 5.56 Å². The van der Waals surface area contributed by atoms with Gasteiger partial charge in [0.25, 0.3) is 0 Å². The summed E-state index contributed by atoms with van der Waals surface area (Å²) in [6.45, 7) is 4.01. The summed E-state index contributed by atoms with van der Waals surface area (Å²) in [6.07, 6.45) is 0.306. The van der Waals surface area contributed by atoms with Crippen molar-refractivity contribution < 1.29 is 24.9 Å². The van der Waals surface area contributed by atoms with Gasteiger partial charge in [0.05, 0.1) is 23.7 Å². The quantitative estimate of drug-likeness (QED) is 0.112. The molecule has 0 radical (unpaired) electrons. The lowest BCUT2D eigenvalue weighted by Gasteiger charge is -2.50. The molecule has 10 heteroatoms. The van der Waals surface area contributed by atoms with E-state index in [4.69, 9.17) is 4.74 Å². The van der Waals surface area contributed by atoms with Crippen LogP contribution < -0.4 is 15.6 Å². The molecule has 8 rings (SSSR count). The first-order valence-corrected chi connectivity index (χ1v) is 17.2. The number of aromatic amines is 1. The number of piperidine rings is 3. The third kappa shape index (κ3) is 7.23. The highest BCUT2D eigenvalue weighted by Crippen LogP contribution is 2.39. The molecule has 10 nitrogen and oxygen atoms in total. The number of aromatic hydroxyl groups is 1.